The molecule has 6 aromatic carbocycles. The lowest BCUT2D eigenvalue weighted by Gasteiger charge is -2.22. The van der Waals surface area contributed by atoms with Crippen LogP contribution in [0.5, 0.6) is 0 Å². The Bertz CT molecular complexity index is 2260. The number of hydrogen-bond acceptors (Lipinski definition) is 4. The predicted octanol–water partition coefficient (Wildman–Crippen LogP) is 10.4. The summed E-state index contributed by atoms with van der Waals surface area (Å²) >= 11 is 0. The number of hydrogen-bond donors (Lipinski definition) is 0. The van der Waals surface area contributed by atoms with E-state index >= 15 is 0 Å². The highest BCUT2D eigenvalue weighted by molar-refractivity contribution is 5.84. The first kappa shape index (κ1) is 28.3. The van der Waals surface area contributed by atoms with Gasteiger partial charge >= 0.3 is 0 Å². The maximum Gasteiger partial charge on any atom is 0.164 e. The molecule has 0 saturated carbocycles. The first-order valence-corrected chi connectivity index (χ1v) is 15.8. The lowest BCUT2D eigenvalue weighted by Crippen LogP contribution is -2.15. The molecule has 1 aliphatic carbocycles. The normalized spacial score (nSPS) is 12.6. The van der Waals surface area contributed by atoms with Crippen LogP contribution < -0.4 is 0 Å². The largest absolute Gasteiger partial charge is 0.208 e. The molecule has 4 nitrogen and oxygen atoms in total. The molecule has 0 atom stereocenters. The fourth-order valence-corrected chi connectivity index (χ4v) is 6.62. The third-order valence-electron chi connectivity index (χ3n) is 9.18. The molecule has 0 radical (unpaired) electrons. The molecule has 0 bridgehead atoms. The summed E-state index contributed by atoms with van der Waals surface area (Å²) in [5.41, 5.74) is 12.9. The van der Waals surface area contributed by atoms with Crippen molar-refractivity contribution in [1.82, 2.24) is 15.0 Å². The molecule has 0 N–H and O–H groups in total. The first-order valence-electron chi connectivity index (χ1n) is 15.8. The summed E-state index contributed by atoms with van der Waals surface area (Å²) in [6, 6.07) is 52.3. The minimum absolute atomic E-state index is 0.177. The van der Waals surface area contributed by atoms with Crippen LogP contribution in [0.4, 0.5) is 0 Å². The van der Waals surface area contributed by atoms with Gasteiger partial charge in [-0.2, -0.15) is 5.26 Å². The molecule has 0 aliphatic heterocycles. The zero-order valence-corrected chi connectivity index (χ0v) is 26.1. The average Bonchev–Trinajstić information content (AvgIpc) is 3.37. The standard InChI is InChI=1S/C43H30N4/c1-43(2)38-24-28(27-44)16-22-36(38)37-23-21-34(26-39(37)43)30-19-17-29(18-20-30)33-14-9-15-35(25-33)42-46-40(31-10-5-3-6-11-31)45-41(47-42)32-12-7-4-8-13-32/h3-26H,1-2H3. The molecule has 47 heavy (non-hydrogen) atoms. The van der Waals surface area contributed by atoms with E-state index in [9.17, 15) is 5.26 Å². The quantitative estimate of drug-likeness (QED) is 0.197. The van der Waals surface area contributed by atoms with Crippen LogP contribution in [-0.4, -0.2) is 15.0 Å². The molecule has 0 saturated heterocycles. The van der Waals surface area contributed by atoms with Crippen LogP contribution in [0.25, 0.3) is 67.5 Å². The Morgan fingerprint density at radius 3 is 1.45 bits per heavy atom. The van der Waals surface area contributed by atoms with Gasteiger partial charge in [0.15, 0.2) is 17.5 Å². The van der Waals surface area contributed by atoms with Gasteiger partial charge in [-0.05, 0) is 68.8 Å². The first-order chi connectivity index (χ1) is 23.0. The fraction of sp³-hybridized carbons (Fsp3) is 0.0698. The molecule has 0 unspecified atom stereocenters. The Labute approximate surface area is 274 Å². The minimum atomic E-state index is -0.177. The van der Waals surface area contributed by atoms with E-state index in [1.807, 2.05) is 72.8 Å². The Hall–Kier alpha value is -6.18. The van der Waals surface area contributed by atoms with Gasteiger partial charge in [0.05, 0.1) is 11.6 Å². The van der Waals surface area contributed by atoms with E-state index in [-0.39, 0.29) is 5.41 Å². The van der Waals surface area contributed by atoms with E-state index in [0.717, 1.165) is 33.4 Å². The van der Waals surface area contributed by atoms with E-state index in [2.05, 4.69) is 92.7 Å². The monoisotopic (exact) mass is 602 g/mol. The zero-order valence-electron chi connectivity index (χ0n) is 26.1. The maximum absolute atomic E-state index is 9.48. The zero-order chi connectivity index (χ0) is 32.0. The van der Waals surface area contributed by atoms with Gasteiger partial charge in [0.1, 0.15) is 0 Å². The summed E-state index contributed by atoms with van der Waals surface area (Å²) < 4.78 is 0. The van der Waals surface area contributed by atoms with Crippen molar-refractivity contribution in [2.75, 3.05) is 0 Å². The van der Waals surface area contributed by atoms with Crippen LogP contribution in [0.3, 0.4) is 0 Å². The van der Waals surface area contributed by atoms with Gasteiger partial charge in [-0.15, -0.1) is 0 Å². The van der Waals surface area contributed by atoms with E-state index in [1.165, 1.54) is 27.8 Å². The van der Waals surface area contributed by atoms with Crippen molar-refractivity contribution in [2.45, 2.75) is 19.3 Å². The second-order valence-electron chi connectivity index (χ2n) is 12.5. The molecule has 1 aliphatic rings. The highest BCUT2D eigenvalue weighted by atomic mass is 15.0. The van der Waals surface area contributed by atoms with Crippen LogP contribution in [-0.2, 0) is 5.41 Å². The third-order valence-corrected chi connectivity index (χ3v) is 9.18. The van der Waals surface area contributed by atoms with Crippen molar-refractivity contribution < 1.29 is 0 Å². The van der Waals surface area contributed by atoms with Crippen molar-refractivity contribution in [3.05, 3.63) is 162 Å². The van der Waals surface area contributed by atoms with Gasteiger partial charge in [0, 0.05) is 22.1 Å². The Balaban J connectivity index is 1.13. The molecular weight excluding hydrogens is 573 g/mol. The Morgan fingerprint density at radius 2 is 0.872 bits per heavy atom. The number of benzene rings is 6. The van der Waals surface area contributed by atoms with Crippen molar-refractivity contribution >= 4 is 0 Å². The van der Waals surface area contributed by atoms with E-state index in [4.69, 9.17) is 15.0 Å². The number of rotatable bonds is 5. The van der Waals surface area contributed by atoms with Crippen molar-refractivity contribution in [1.29, 1.82) is 5.26 Å². The van der Waals surface area contributed by atoms with E-state index < -0.39 is 0 Å². The van der Waals surface area contributed by atoms with E-state index in [1.54, 1.807) is 0 Å². The Morgan fingerprint density at radius 1 is 0.426 bits per heavy atom. The molecule has 7 aromatic rings. The molecule has 0 fully saturated rings. The van der Waals surface area contributed by atoms with E-state index in [0.29, 0.717) is 23.0 Å². The van der Waals surface area contributed by atoms with Gasteiger partial charge in [-0.3, -0.25) is 0 Å². The van der Waals surface area contributed by atoms with Gasteiger partial charge in [0.2, 0.25) is 0 Å². The SMILES string of the molecule is CC1(C)c2cc(C#N)ccc2-c2ccc(-c3ccc(-c4cccc(-c5nc(-c6ccccc6)nc(-c6ccccc6)n5)c4)cc3)cc21. The van der Waals surface area contributed by atoms with Crippen molar-refractivity contribution in [3.8, 4) is 73.6 Å². The molecule has 1 aromatic heterocycles. The summed E-state index contributed by atoms with van der Waals surface area (Å²) in [6.45, 7) is 4.49. The number of nitrogens with zero attached hydrogens (tertiary/aromatic N) is 4. The molecule has 222 valence electrons. The topological polar surface area (TPSA) is 62.5 Å². The minimum Gasteiger partial charge on any atom is -0.208 e. The lowest BCUT2D eigenvalue weighted by atomic mass is 9.81. The fourth-order valence-electron chi connectivity index (χ4n) is 6.62. The smallest absolute Gasteiger partial charge is 0.164 e. The Kier molecular flexibility index (Phi) is 6.82. The molecule has 0 amide bonds. The third kappa shape index (κ3) is 5.09. The molecule has 0 spiro atoms. The van der Waals surface area contributed by atoms with Crippen LogP contribution in [0.1, 0.15) is 30.5 Å². The van der Waals surface area contributed by atoms with Crippen LogP contribution in [0, 0.1) is 11.3 Å². The summed E-state index contributed by atoms with van der Waals surface area (Å²) in [7, 11) is 0. The predicted molar refractivity (Wildman–Crippen MR) is 189 cm³/mol. The lowest BCUT2D eigenvalue weighted by molar-refractivity contribution is 0.660. The summed E-state index contributed by atoms with van der Waals surface area (Å²) in [6.07, 6.45) is 0. The van der Waals surface area contributed by atoms with Gasteiger partial charge < -0.3 is 0 Å². The second-order valence-corrected chi connectivity index (χ2v) is 12.5. The molecule has 1 heterocycles. The van der Waals surface area contributed by atoms with Crippen LogP contribution in [0.2, 0.25) is 0 Å². The highest BCUT2D eigenvalue weighted by Crippen LogP contribution is 2.50. The maximum atomic E-state index is 9.48. The molecule has 4 heteroatoms. The highest BCUT2D eigenvalue weighted by Gasteiger charge is 2.35. The van der Waals surface area contributed by atoms with Crippen LogP contribution in [0.15, 0.2) is 146 Å². The summed E-state index contributed by atoms with van der Waals surface area (Å²) in [5, 5.41) is 9.48. The summed E-state index contributed by atoms with van der Waals surface area (Å²) in [5.74, 6) is 1.94. The van der Waals surface area contributed by atoms with Gasteiger partial charge in [0.25, 0.3) is 0 Å². The molecule has 8 rings (SSSR count). The van der Waals surface area contributed by atoms with Crippen molar-refractivity contribution in [3.63, 3.8) is 0 Å². The molecular formula is C43H30N4. The second kappa shape index (κ2) is 11.3. The number of fused-ring (bicyclic) bond motifs is 3. The number of aromatic nitrogens is 3. The van der Waals surface area contributed by atoms with Crippen LogP contribution >= 0.6 is 0 Å². The van der Waals surface area contributed by atoms with Gasteiger partial charge in [-0.25, -0.2) is 15.0 Å². The van der Waals surface area contributed by atoms with Crippen molar-refractivity contribution in [2.24, 2.45) is 0 Å². The number of nitriles is 1. The average molecular weight is 603 g/mol. The van der Waals surface area contributed by atoms with Gasteiger partial charge in [-0.1, -0.05) is 135 Å². The summed E-state index contributed by atoms with van der Waals surface area (Å²) in [4.78, 5) is 14.7.